The highest BCUT2D eigenvalue weighted by molar-refractivity contribution is 6.42. The molecule has 36 heavy (non-hydrogen) atoms. The second-order valence-corrected chi connectivity index (χ2v) is 9.24. The van der Waals surface area contributed by atoms with Gasteiger partial charge >= 0.3 is 6.03 Å². The average Bonchev–Trinajstić information content (AvgIpc) is 3.48. The number of hydrogen-bond acceptors (Lipinski definition) is 5. The third kappa shape index (κ3) is 6.44. The second-order valence-electron chi connectivity index (χ2n) is 8.43. The molecule has 1 aromatic heterocycles. The topological polar surface area (TPSA) is 84.2 Å². The summed E-state index contributed by atoms with van der Waals surface area (Å²) in [5, 5.41) is 3.52. The number of carbonyl (C=O) groups excluding carboxylic acids is 2. The van der Waals surface area contributed by atoms with E-state index in [9.17, 15) is 9.59 Å². The van der Waals surface area contributed by atoms with Crippen molar-refractivity contribution in [1.29, 1.82) is 0 Å². The van der Waals surface area contributed by atoms with Crippen molar-refractivity contribution in [2.24, 2.45) is 0 Å². The van der Waals surface area contributed by atoms with Gasteiger partial charge in [0.1, 0.15) is 18.1 Å². The first-order chi connectivity index (χ1) is 17.3. The molecule has 8 nitrogen and oxygen atoms in total. The number of carbonyl (C=O) groups is 2. The lowest BCUT2D eigenvalue weighted by atomic mass is 10.2. The van der Waals surface area contributed by atoms with E-state index < -0.39 is 6.03 Å². The Hall–Kier alpha value is -3.36. The summed E-state index contributed by atoms with van der Waals surface area (Å²) < 4.78 is 16.6. The third-order valence-electron chi connectivity index (χ3n) is 5.58. The Morgan fingerprint density at radius 3 is 2.47 bits per heavy atom. The fraction of sp³-hybridized carbons (Fsp3) is 0.308. The van der Waals surface area contributed by atoms with Gasteiger partial charge in [-0.3, -0.25) is 4.79 Å². The molecular formula is C26H27Cl2N3O5. The average molecular weight is 532 g/mol. The van der Waals surface area contributed by atoms with Gasteiger partial charge < -0.3 is 29.0 Å². The van der Waals surface area contributed by atoms with Gasteiger partial charge in [-0.25, -0.2) is 4.79 Å². The lowest BCUT2D eigenvalue weighted by Gasteiger charge is -2.27. The van der Waals surface area contributed by atoms with E-state index in [0.717, 1.165) is 11.3 Å². The van der Waals surface area contributed by atoms with Crippen LogP contribution in [0.2, 0.25) is 10.0 Å². The number of furan rings is 1. The maximum atomic E-state index is 13.5. The van der Waals surface area contributed by atoms with Gasteiger partial charge in [0.05, 0.1) is 16.6 Å². The smallest absolute Gasteiger partial charge is 0.322 e. The van der Waals surface area contributed by atoms with E-state index in [2.05, 4.69) is 5.32 Å². The van der Waals surface area contributed by atoms with Gasteiger partial charge in [-0.05, 0) is 61.4 Å². The number of ether oxygens (including phenoxy) is 2. The van der Waals surface area contributed by atoms with Crippen LogP contribution < -0.4 is 14.8 Å². The second kappa shape index (κ2) is 11.6. The number of anilines is 1. The zero-order valence-corrected chi connectivity index (χ0v) is 21.6. The first kappa shape index (κ1) is 25.7. The van der Waals surface area contributed by atoms with Crippen molar-refractivity contribution in [1.82, 2.24) is 9.80 Å². The van der Waals surface area contributed by atoms with Gasteiger partial charge in [0.25, 0.3) is 0 Å². The Morgan fingerprint density at radius 2 is 1.75 bits per heavy atom. The largest absolute Gasteiger partial charge is 0.464 e. The molecule has 0 saturated heterocycles. The summed E-state index contributed by atoms with van der Waals surface area (Å²) in [6.45, 7) is 4.83. The number of amides is 3. The minimum absolute atomic E-state index is 0.106. The molecular weight excluding hydrogens is 505 g/mol. The van der Waals surface area contributed by atoms with Crippen LogP contribution in [0.15, 0.2) is 52.9 Å². The fourth-order valence-electron chi connectivity index (χ4n) is 3.81. The molecule has 2 aromatic carbocycles. The minimum Gasteiger partial charge on any atom is -0.464 e. The molecule has 2 heterocycles. The summed E-state index contributed by atoms with van der Waals surface area (Å²) in [6.07, 6.45) is 0.682. The Balaban J connectivity index is 1.50. The van der Waals surface area contributed by atoms with Crippen LogP contribution in [0.1, 0.15) is 30.4 Å². The monoisotopic (exact) mass is 531 g/mol. The Morgan fingerprint density at radius 1 is 0.944 bits per heavy atom. The zero-order chi connectivity index (χ0) is 25.7. The quantitative estimate of drug-likeness (QED) is 0.360. The van der Waals surface area contributed by atoms with Crippen LogP contribution >= 0.6 is 23.2 Å². The minimum atomic E-state index is -0.402. The van der Waals surface area contributed by atoms with Crippen LogP contribution in [-0.2, 0) is 17.9 Å². The highest BCUT2D eigenvalue weighted by Gasteiger charge is 2.23. The Labute approximate surface area is 219 Å². The molecule has 1 aliphatic rings. The van der Waals surface area contributed by atoms with Crippen LogP contribution in [-0.4, -0.2) is 41.6 Å². The summed E-state index contributed by atoms with van der Waals surface area (Å²) in [7, 11) is 0. The van der Waals surface area contributed by atoms with Gasteiger partial charge in [-0.2, -0.15) is 0 Å². The zero-order valence-electron chi connectivity index (χ0n) is 20.1. The van der Waals surface area contributed by atoms with Gasteiger partial charge in [0, 0.05) is 18.8 Å². The number of halogens is 2. The van der Waals surface area contributed by atoms with Crippen molar-refractivity contribution < 1.29 is 23.5 Å². The molecule has 0 bridgehead atoms. The Kier molecular flexibility index (Phi) is 8.28. The van der Waals surface area contributed by atoms with Crippen molar-refractivity contribution in [3.63, 3.8) is 0 Å². The lowest BCUT2D eigenvalue weighted by Crippen LogP contribution is -2.44. The summed E-state index contributed by atoms with van der Waals surface area (Å²) in [6, 6.07) is 13.7. The van der Waals surface area contributed by atoms with E-state index in [1.54, 1.807) is 23.1 Å². The molecule has 3 aromatic rings. The standard InChI is InChI=1S/C26H27Cl2N3O5/c1-3-10-30(26(33)29-19-6-8-21(27)22(28)12-19)15-25(32)31(14-20-7-4-17(2)36-20)13-18-5-9-23-24(11-18)35-16-34-23/h4-9,11-12H,3,10,13-16H2,1-2H3,(H,29,33). The predicted octanol–water partition coefficient (Wildman–Crippen LogP) is 6.10. The molecule has 0 aliphatic carbocycles. The highest BCUT2D eigenvalue weighted by atomic mass is 35.5. The summed E-state index contributed by atoms with van der Waals surface area (Å²) in [5.74, 6) is 2.51. The number of fused-ring (bicyclic) bond motifs is 1. The van der Waals surface area contributed by atoms with E-state index in [-0.39, 0.29) is 25.8 Å². The van der Waals surface area contributed by atoms with Crippen molar-refractivity contribution in [2.75, 3.05) is 25.2 Å². The van der Waals surface area contributed by atoms with E-state index in [4.69, 9.17) is 37.1 Å². The molecule has 0 atom stereocenters. The molecule has 1 aliphatic heterocycles. The van der Waals surface area contributed by atoms with Gasteiger partial charge in [0.15, 0.2) is 11.5 Å². The first-order valence-corrected chi connectivity index (χ1v) is 12.3. The van der Waals surface area contributed by atoms with Crippen molar-refractivity contribution in [3.05, 3.63) is 75.7 Å². The number of nitrogens with zero attached hydrogens (tertiary/aromatic N) is 2. The summed E-state index contributed by atoms with van der Waals surface area (Å²) in [4.78, 5) is 29.7. The maximum absolute atomic E-state index is 13.5. The third-order valence-corrected chi connectivity index (χ3v) is 6.32. The molecule has 3 amide bonds. The van der Waals surface area contributed by atoms with Crippen molar-refractivity contribution >= 4 is 40.8 Å². The van der Waals surface area contributed by atoms with Crippen molar-refractivity contribution in [3.8, 4) is 11.5 Å². The molecule has 10 heteroatoms. The number of hydrogen-bond donors (Lipinski definition) is 1. The van der Waals surface area contributed by atoms with Crippen LogP contribution in [0.5, 0.6) is 11.5 Å². The van der Waals surface area contributed by atoms with E-state index in [1.165, 1.54) is 4.90 Å². The first-order valence-electron chi connectivity index (χ1n) is 11.5. The highest BCUT2D eigenvalue weighted by Crippen LogP contribution is 2.33. The number of rotatable bonds is 9. The van der Waals surface area contributed by atoms with E-state index >= 15 is 0 Å². The van der Waals surface area contributed by atoms with Crippen molar-refractivity contribution in [2.45, 2.75) is 33.4 Å². The van der Waals surface area contributed by atoms with E-state index in [0.29, 0.717) is 52.5 Å². The molecule has 1 N–H and O–H groups in total. The normalized spacial score (nSPS) is 11.9. The van der Waals surface area contributed by atoms with Gasteiger partial charge in [0.2, 0.25) is 12.7 Å². The van der Waals surface area contributed by atoms with E-state index in [1.807, 2.05) is 44.2 Å². The van der Waals surface area contributed by atoms with Crippen LogP contribution in [0.25, 0.3) is 0 Å². The molecule has 0 spiro atoms. The molecule has 4 rings (SSSR count). The maximum Gasteiger partial charge on any atom is 0.322 e. The van der Waals surface area contributed by atoms with Crippen LogP contribution in [0.3, 0.4) is 0 Å². The van der Waals surface area contributed by atoms with Crippen LogP contribution in [0.4, 0.5) is 10.5 Å². The number of aryl methyl sites for hydroxylation is 1. The molecule has 0 fully saturated rings. The fourth-order valence-corrected chi connectivity index (χ4v) is 4.11. The summed E-state index contributed by atoms with van der Waals surface area (Å²) in [5.41, 5.74) is 1.37. The van der Waals surface area contributed by atoms with Crippen LogP contribution in [0, 0.1) is 6.92 Å². The summed E-state index contributed by atoms with van der Waals surface area (Å²) >= 11 is 12.0. The SMILES string of the molecule is CCCN(CC(=O)N(Cc1ccc2c(c1)OCO2)Cc1ccc(C)o1)C(=O)Nc1ccc(Cl)c(Cl)c1. The molecule has 190 valence electrons. The molecule has 0 saturated carbocycles. The number of urea groups is 1. The Bertz CT molecular complexity index is 1250. The van der Waals surface area contributed by atoms with Gasteiger partial charge in [-0.15, -0.1) is 0 Å². The lowest BCUT2D eigenvalue weighted by molar-refractivity contribution is -0.133. The predicted molar refractivity (Wildman–Crippen MR) is 138 cm³/mol. The number of benzene rings is 2. The molecule has 0 unspecified atom stereocenters. The number of nitrogens with one attached hydrogen (secondary N) is 1. The van der Waals surface area contributed by atoms with Gasteiger partial charge in [-0.1, -0.05) is 36.2 Å². The molecule has 0 radical (unpaired) electrons.